The van der Waals surface area contributed by atoms with Crippen molar-refractivity contribution in [3.8, 4) is 11.5 Å². The Morgan fingerprint density at radius 2 is 1.82 bits per heavy atom. The average Bonchev–Trinajstić information content (AvgIpc) is 3.43. The molecule has 0 amide bonds. The summed E-state index contributed by atoms with van der Waals surface area (Å²) < 4.78 is 10.8. The quantitative estimate of drug-likeness (QED) is 0.596. The smallest absolute Gasteiger partial charge is 0.231 e. The maximum atomic E-state index is 5.46. The summed E-state index contributed by atoms with van der Waals surface area (Å²) in [5.41, 5.74) is 2.48. The zero-order chi connectivity index (χ0) is 19.2. The normalized spacial score (nSPS) is 17.5. The summed E-state index contributed by atoms with van der Waals surface area (Å²) in [6.45, 7) is 4.11. The van der Waals surface area contributed by atoms with Crippen LogP contribution in [0.2, 0.25) is 0 Å². The molecule has 0 radical (unpaired) electrons. The molecule has 0 spiro atoms. The standard InChI is InChI=1S/C22H28N4O2/c1-23-22(24-14-17-9-10-20-21(13-17)28-16-27-20)25-15-19(26-11-5-6-12-26)18-7-3-2-4-8-18/h2-4,7-10,13,19H,5-6,11-12,14-16H2,1H3,(H2,23,24,25). The highest BCUT2D eigenvalue weighted by atomic mass is 16.7. The van der Waals surface area contributed by atoms with Crippen molar-refractivity contribution < 1.29 is 9.47 Å². The molecule has 148 valence electrons. The Balaban J connectivity index is 1.35. The molecule has 2 aromatic carbocycles. The van der Waals surface area contributed by atoms with Crippen LogP contribution in [0.5, 0.6) is 11.5 Å². The fourth-order valence-electron chi connectivity index (χ4n) is 3.84. The molecule has 1 fully saturated rings. The number of hydrogen-bond acceptors (Lipinski definition) is 4. The van der Waals surface area contributed by atoms with Crippen LogP contribution in [0, 0.1) is 0 Å². The highest BCUT2D eigenvalue weighted by Gasteiger charge is 2.23. The SMILES string of the molecule is CN=C(NCc1ccc2c(c1)OCO2)NCC(c1ccccc1)N1CCCC1. The summed E-state index contributed by atoms with van der Waals surface area (Å²) in [4.78, 5) is 6.95. The van der Waals surface area contributed by atoms with Crippen LogP contribution in [0.25, 0.3) is 0 Å². The van der Waals surface area contributed by atoms with Gasteiger partial charge in [-0.3, -0.25) is 9.89 Å². The van der Waals surface area contributed by atoms with Gasteiger partial charge in [0, 0.05) is 20.1 Å². The van der Waals surface area contributed by atoms with Crippen LogP contribution in [-0.2, 0) is 6.54 Å². The molecular weight excluding hydrogens is 352 g/mol. The minimum atomic E-state index is 0.298. The van der Waals surface area contributed by atoms with E-state index in [0.29, 0.717) is 19.4 Å². The lowest BCUT2D eigenvalue weighted by Crippen LogP contribution is -2.42. The van der Waals surface area contributed by atoms with Crippen molar-refractivity contribution in [2.75, 3.05) is 33.5 Å². The zero-order valence-electron chi connectivity index (χ0n) is 16.4. The topological polar surface area (TPSA) is 58.1 Å². The number of ether oxygens (including phenoxy) is 2. The van der Waals surface area contributed by atoms with Gasteiger partial charge < -0.3 is 20.1 Å². The van der Waals surface area contributed by atoms with Gasteiger partial charge in [-0.25, -0.2) is 0 Å². The van der Waals surface area contributed by atoms with Gasteiger partial charge in [-0.15, -0.1) is 0 Å². The molecular formula is C22H28N4O2. The van der Waals surface area contributed by atoms with Gasteiger partial charge in [0.1, 0.15) is 0 Å². The predicted octanol–water partition coefficient (Wildman–Crippen LogP) is 2.92. The first-order valence-electron chi connectivity index (χ1n) is 9.95. The van der Waals surface area contributed by atoms with Crippen molar-refractivity contribution in [3.05, 3.63) is 59.7 Å². The first-order chi connectivity index (χ1) is 13.8. The Labute approximate surface area is 166 Å². The summed E-state index contributed by atoms with van der Waals surface area (Å²) >= 11 is 0. The highest BCUT2D eigenvalue weighted by Crippen LogP contribution is 2.32. The summed E-state index contributed by atoms with van der Waals surface area (Å²) in [5, 5.41) is 6.91. The number of rotatable bonds is 6. The molecule has 2 aliphatic rings. The molecule has 28 heavy (non-hydrogen) atoms. The van der Waals surface area contributed by atoms with E-state index < -0.39 is 0 Å². The average molecular weight is 380 g/mol. The van der Waals surface area contributed by atoms with E-state index >= 15 is 0 Å². The molecule has 0 bridgehead atoms. The molecule has 0 saturated carbocycles. The summed E-state index contributed by atoms with van der Waals surface area (Å²) in [7, 11) is 1.81. The van der Waals surface area contributed by atoms with Gasteiger partial charge in [0.05, 0.1) is 6.04 Å². The lowest BCUT2D eigenvalue weighted by atomic mass is 10.1. The molecule has 1 atom stereocenters. The van der Waals surface area contributed by atoms with E-state index in [9.17, 15) is 0 Å². The van der Waals surface area contributed by atoms with Gasteiger partial charge in [-0.2, -0.15) is 0 Å². The Kier molecular flexibility index (Phi) is 5.97. The number of fused-ring (bicyclic) bond motifs is 1. The number of nitrogens with zero attached hydrogens (tertiary/aromatic N) is 2. The van der Waals surface area contributed by atoms with Crippen LogP contribution in [0.3, 0.4) is 0 Å². The van der Waals surface area contributed by atoms with E-state index in [0.717, 1.165) is 42.7 Å². The summed E-state index contributed by atoms with van der Waals surface area (Å²) in [6.07, 6.45) is 2.56. The number of nitrogens with one attached hydrogen (secondary N) is 2. The molecule has 2 aromatic rings. The van der Waals surface area contributed by atoms with E-state index in [-0.39, 0.29) is 0 Å². The predicted molar refractivity (Wildman–Crippen MR) is 111 cm³/mol. The van der Waals surface area contributed by atoms with Gasteiger partial charge in [-0.05, 0) is 49.2 Å². The Morgan fingerprint density at radius 1 is 1.04 bits per heavy atom. The van der Waals surface area contributed by atoms with Gasteiger partial charge in [0.2, 0.25) is 6.79 Å². The lowest BCUT2D eigenvalue weighted by Gasteiger charge is -2.29. The Morgan fingerprint density at radius 3 is 2.61 bits per heavy atom. The van der Waals surface area contributed by atoms with E-state index in [1.807, 2.05) is 25.2 Å². The van der Waals surface area contributed by atoms with Crippen molar-refractivity contribution in [1.82, 2.24) is 15.5 Å². The third kappa shape index (κ3) is 4.39. The van der Waals surface area contributed by atoms with Crippen LogP contribution in [-0.4, -0.2) is 44.3 Å². The van der Waals surface area contributed by atoms with Crippen molar-refractivity contribution in [1.29, 1.82) is 0 Å². The second-order valence-corrected chi connectivity index (χ2v) is 7.16. The van der Waals surface area contributed by atoms with Gasteiger partial charge >= 0.3 is 0 Å². The lowest BCUT2D eigenvalue weighted by molar-refractivity contribution is 0.174. The highest BCUT2D eigenvalue weighted by molar-refractivity contribution is 5.79. The molecule has 0 aliphatic carbocycles. The minimum Gasteiger partial charge on any atom is -0.454 e. The molecule has 2 heterocycles. The second kappa shape index (κ2) is 8.97. The van der Waals surface area contributed by atoms with Crippen molar-refractivity contribution >= 4 is 5.96 Å². The van der Waals surface area contributed by atoms with Gasteiger partial charge in [0.25, 0.3) is 0 Å². The monoisotopic (exact) mass is 380 g/mol. The molecule has 4 rings (SSSR count). The molecule has 2 aliphatic heterocycles. The Bertz CT molecular complexity index is 803. The van der Waals surface area contributed by atoms with Crippen LogP contribution >= 0.6 is 0 Å². The number of guanidine groups is 1. The van der Waals surface area contributed by atoms with Crippen molar-refractivity contribution in [2.45, 2.75) is 25.4 Å². The summed E-state index contributed by atoms with van der Waals surface area (Å²) in [6, 6.07) is 17.1. The van der Waals surface area contributed by atoms with E-state index in [4.69, 9.17) is 9.47 Å². The largest absolute Gasteiger partial charge is 0.454 e. The van der Waals surface area contributed by atoms with Crippen LogP contribution in [0.15, 0.2) is 53.5 Å². The molecule has 2 N–H and O–H groups in total. The van der Waals surface area contributed by atoms with E-state index in [1.165, 1.54) is 18.4 Å². The first kappa shape index (κ1) is 18.6. The van der Waals surface area contributed by atoms with Crippen LogP contribution < -0.4 is 20.1 Å². The first-order valence-corrected chi connectivity index (χ1v) is 9.95. The van der Waals surface area contributed by atoms with E-state index in [2.05, 4.69) is 50.9 Å². The molecule has 0 aromatic heterocycles. The molecule has 1 unspecified atom stereocenters. The third-order valence-corrected chi connectivity index (χ3v) is 5.35. The maximum absolute atomic E-state index is 5.46. The Hall–Kier alpha value is -2.73. The van der Waals surface area contributed by atoms with E-state index in [1.54, 1.807) is 0 Å². The van der Waals surface area contributed by atoms with Crippen molar-refractivity contribution in [3.63, 3.8) is 0 Å². The summed E-state index contributed by atoms with van der Waals surface area (Å²) in [5.74, 6) is 2.42. The fourth-order valence-corrected chi connectivity index (χ4v) is 3.84. The molecule has 6 heteroatoms. The maximum Gasteiger partial charge on any atom is 0.231 e. The fraction of sp³-hybridized carbons (Fsp3) is 0.409. The van der Waals surface area contributed by atoms with Gasteiger partial charge in [0.15, 0.2) is 17.5 Å². The van der Waals surface area contributed by atoms with Gasteiger partial charge in [-0.1, -0.05) is 36.4 Å². The third-order valence-electron chi connectivity index (χ3n) is 5.35. The van der Waals surface area contributed by atoms with Crippen molar-refractivity contribution in [2.24, 2.45) is 4.99 Å². The minimum absolute atomic E-state index is 0.298. The number of hydrogen-bond donors (Lipinski definition) is 2. The van der Waals surface area contributed by atoms with Crippen LogP contribution in [0.1, 0.15) is 30.0 Å². The second-order valence-electron chi connectivity index (χ2n) is 7.16. The number of aliphatic imine (C=N–C) groups is 1. The zero-order valence-corrected chi connectivity index (χ0v) is 16.4. The number of benzene rings is 2. The van der Waals surface area contributed by atoms with Crippen LogP contribution in [0.4, 0.5) is 0 Å². The number of likely N-dealkylation sites (tertiary alicyclic amines) is 1. The molecule has 6 nitrogen and oxygen atoms in total. The molecule has 1 saturated heterocycles.